The predicted molar refractivity (Wildman–Crippen MR) is 98.2 cm³/mol. The van der Waals surface area contributed by atoms with Crippen molar-refractivity contribution in [1.82, 2.24) is 5.32 Å². The monoisotopic (exact) mass is 325 g/mol. The van der Waals surface area contributed by atoms with Gasteiger partial charge in [-0.25, -0.2) is 0 Å². The van der Waals surface area contributed by atoms with Gasteiger partial charge in [-0.15, -0.1) is 0 Å². The topological polar surface area (TPSA) is 38.3 Å². The van der Waals surface area contributed by atoms with E-state index in [1.54, 1.807) is 0 Å². The average molecular weight is 325 g/mol. The molecule has 1 N–H and O–H groups in total. The maximum atomic E-state index is 12.7. The third-order valence-electron chi connectivity index (χ3n) is 4.23. The van der Waals surface area contributed by atoms with Crippen LogP contribution in [0.4, 0.5) is 0 Å². The predicted octanol–water partition coefficient (Wildman–Crippen LogP) is 4.73. The van der Waals surface area contributed by atoms with Gasteiger partial charge in [-0.3, -0.25) is 4.79 Å². The van der Waals surface area contributed by atoms with Gasteiger partial charge in [0.1, 0.15) is 5.75 Å². The van der Waals surface area contributed by atoms with Crippen molar-refractivity contribution >= 4 is 5.91 Å². The summed E-state index contributed by atoms with van der Waals surface area (Å²) in [6.07, 6.45) is 0.991. The Labute approximate surface area is 145 Å². The van der Waals surface area contributed by atoms with E-state index in [0.717, 1.165) is 23.3 Å². The standard InChI is InChI=1S/C21H27NO2/c1-5-18(17-13-11-15(3)12-14-17)22-21(23)19(6-2)24-20-10-8-7-9-16(20)4/h7-14,18-19H,5-6H2,1-4H3,(H,22,23). The van der Waals surface area contributed by atoms with Crippen LogP contribution < -0.4 is 10.1 Å². The summed E-state index contributed by atoms with van der Waals surface area (Å²) in [5, 5.41) is 3.13. The van der Waals surface area contributed by atoms with Crippen molar-refractivity contribution < 1.29 is 9.53 Å². The number of hydrogen-bond donors (Lipinski definition) is 1. The van der Waals surface area contributed by atoms with E-state index in [9.17, 15) is 4.79 Å². The van der Waals surface area contributed by atoms with Crippen LogP contribution in [0.25, 0.3) is 0 Å². The first-order valence-electron chi connectivity index (χ1n) is 8.64. The molecule has 0 saturated heterocycles. The smallest absolute Gasteiger partial charge is 0.261 e. The number of nitrogens with one attached hydrogen (secondary N) is 1. The third kappa shape index (κ3) is 4.60. The summed E-state index contributed by atoms with van der Waals surface area (Å²) in [5.74, 6) is 0.705. The van der Waals surface area contributed by atoms with Crippen LogP contribution in [0.3, 0.4) is 0 Å². The molecule has 2 rings (SSSR count). The number of rotatable bonds is 7. The van der Waals surface area contributed by atoms with Crippen LogP contribution in [0.15, 0.2) is 48.5 Å². The van der Waals surface area contributed by atoms with Gasteiger partial charge in [0.05, 0.1) is 6.04 Å². The lowest BCUT2D eigenvalue weighted by Gasteiger charge is -2.23. The van der Waals surface area contributed by atoms with Crippen LogP contribution in [0.2, 0.25) is 0 Å². The summed E-state index contributed by atoms with van der Waals surface area (Å²) in [5.41, 5.74) is 3.38. The zero-order chi connectivity index (χ0) is 17.5. The minimum atomic E-state index is -0.481. The van der Waals surface area contributed by atoms with E-state index in [4.69, 9.17) is 4.74 Å². The van der Waals surface area contributed by atoms with Gasteiger partial charge in [0.2, 0.25) is 0 Å². The van der Waals surface area contributed by atoms with Crippen molar-refractivity contribution in [3.8, 4) is 5.75 Å². The van der Waals surface area contributed by atoms with Gasteiger partial charge < -0.3 is 10.1 Å². The van der Waals surface area contributed by atoms with E-state index in [0.29, 0.717) is 6.42 Å². The third-order valence-corrected chi connectivity index (χ3v) is 4.23. The van der Waals surface area contributed by atoms with E-state index in [-0.39, 0.29) is 11.9 Å². The fraction of sp³-hybridized carbons (Fsp3) is 0.381. The molecular formula is C21H27NO2. The Bertz CT molecular complexity index is 664. The highest BCUT2D eigenvalue weighted by Crippen LogP contribution is 2.21. The van der Waals surface area contributed by atoms with Gasteiger partial charge >= 0.3 is 0 Å². The molecule has 2 atom stereocenters. The highest BCUT2D eigenvalue weighted by molar-refractivity contribution is 5.81. The Morgan fingerprint density at radius 1 is 1.00 bits per heavy atom. The van der Waals surface area contributed by atoms with Crippen molar-refractivity contribution in [1.29, 1.82) is 0 Å². The van der Waals surface area contributed by atoms with Gasteiger partial charge in [0.15, 0.2) is 6.10 Å². The molecule has 2 unspecified atom stereocenters. The molecule has 0 heterocycles. The fourth-order valence-electron chi connectivity index (χ4n) is 2.65. The number of para-hydroxylation sites is 1. The quantitative estimate of drug-likeness (QED) is 0.799. The molecule has 0 aliphatic heterocycles. The lowest BCUT2D eigenvalue weighted by molar-refractivity contribution is -0.129. The second kappa shape index (κ2) is 8.53. The van der Waals surface area contributed by atoms with Crippen LogP contribution >= 0.6 is 0 Å². The molecule has 0 radical (unpaired) electrons. The molecule has 1 amide bonds. The average Bonchev–Trinajstić information content (AvgIpc) is 2.59. The van der Waals surface area contributed by atoms with Gasteiger partial charge in [0, 0.05) is 0 Å². The van der Waals surface area contributed by atoms with Crippen LogP contribution in [0, 0.1) is 13.8 Å². The van der Waals surface area contributed by atoms with E-state index in [2.05, 4.69) is 43.4 Å². The number of benzene rings is 2. The Morgan fingerprint density at radius 3 is 2.25 bits per heavy atom. The van der Waals surface area contributed by atoms with Crippen LogP contribution in [-0.2, 0) is 4.79 Å². The fourth-order valence-corrected chi connectivity index (χ4v) is 2.65. The Hall–Kier alpha value is -2.29. The zero-order valence-electron chi connectivity index (χ0n) is 15.0. The maximum Gasteiger partial charge on any atom is 0.261 e. The summed E-state index contributed by atoms with van der Waals surface area (Å²) < 4.78 is 5.94. The molecule has 0 bridgehead atoms. The SMILES string of the molecule is CCC(Oc1ccccc1C)C(=O)NC(CC)c1ccc(C)cc1. The molecule has 0 aliphatic rings. The Morgan fingerprint density at radius 2 is 1.67 bits per heavy atom. The normalized spacial score (nSPS) is 13.2. The molecular weight excluding hydrogens is 298 g/mol. The molecule has 3 nitrogen and oxygen atoms in total. The maximum absolute atomic E-state index is 12.7. The first-order chi connectivity index (χ1) is 11.5. The van der Waals surface area contributed by atoms with Crippen LogP contribution in [0.1, 0.15) is 49.4 Å². The van der Waals surface area contributed by atoms with Crippen molar-refractivity contribution in [2.24, 2.45) is 0 Å². The summed E-state index contributed by atoms with van der Waals surface area (Å²) in [6, 6.07) is 16.1. The molecule has 0 aliphatic carbocycles. The molecule has 2 aromatic rings. The minimum Gasteiger partial charge on any atom is -0.480 e. The molecule has 128 valence electrons. The Balaban J connectivity index is 2.07. The van der Waals surface area contributed by atoms with Crippen molar-refractivity contribution in [2.45, 2.75) is 52.7 Å². The summed E-state index contributed by atoms with van der Waals surface area (Å²) >= 11 is 0. The number of carbonyl (C=O) groups excluding carboxylic acids is 1. The van der Waals surface area contributed by atoms with Gasteiger partial charge in [-0.2, -0.15) is 0 Å². The molecule has 0 spiro atoms. The largest absolute Gasteiger partial charge is 0.480 e. The van der Waals surface area contributed by atoms with Crippen LogP contribution in [0.5, 0.6) is 5.75 Å². The number of carbonyl (C=O) groups is 1. The highest BCUT2D eigenvalue weighted by atomic mass is 16.5. The van der Waals surface area contributed by atoms with Gasteiger partial charge in [-0.1, -0.05) is 61.9 Å². The molecule has 3 heteroatoms. The number of hydrogen-bond acceptors (Lipinski definition) is 2. The minimum absolute atomic E-state index is 0.00706. The van der Waals surface area contributed by atoms with E-state index in [1.807, 2.05) is 38.1 Å². The van der Waals surface area contributed by atoms with E-state index >= 15 is 0 Å². The van der Waals surface area contributed by atoms with E-state index in [1.165, 1.54) is 5.56 Å². The highest BCUT2D eigenvalue weighted by Gasteiger charge is 2.22. The summed E-state index contributed by atoms with van der Waals surface area (Å²) in [7, 11) is 0. The summed E-state index contributed by atoms with van der Waals surface area (Å²) in [6.45, 7) is 8.09. The van der Waals surface area contributed by atoms with Gasteiger partial charge in [0.25, 0.3) is 5.91 Å². The van der Waals surface area contributed by atoms with Crippen LogP contribution in [-0.4, -0.2) is 12.0 Å². The zero-order valence-corrected chi connectivity index (χ0v) is 15.0. The Kier molecular flexibility index (Phi) is 6.42. The van der Waals surface area contributed by atoms with Crippen molar-refractivity contribution in [3.63, 3.8) is 0 Å². The first-order valence-corrected chi connectivity index (χ1v) is 8.64. The first kappa shape index (κ1) is 18.1. The number of ether oxygens (including phenoxy) is 1. The summed E-state index contributed by atoms with van der Waals surface area (Å²) in [4.78, 5) is 12.7. The van der Waals surface area contributed by atoms with Gasteiger partial charge in [-0.05, 0) is 43.9 Å². The van der Waals surface area contributed by atoms with Crippen molar-refractivity contribution in [3.05, 3.63) is 65.2 Å². The molecule has 24 heavy (non-hydrogen) atoms. The second-order valence-corrected chi connectivity index (χ2v) is 6.16. The number of amides is 1. The molecule has 0 aromatic heterocycles. The molecule has 0 fully saturated rings. The lowest BCUT2D eigenvalue weighted by atomic mass is 10.0. The molecule has 0 saturated carbocycles. The molecule has 2 aromatic carbocycles. The van der Waals surface area contributed by atoms with Crippen molar-refractivity contribution in [2.75, 3.05) is 0 Å². The second-order valence-electron chi connectivity index (χ2n) is 6.16. The van der Waals surface area contributed by atoms with E-state index < -0.39 is 6.10 Å². The lowest BCUT2D eigenvalue weighted by Crippen LogP contribution is -2.40. The number of aryl methyl sites for hydroxylation is 2.